The van der Waals surface area contributed by atoms with E-state index in [0.717, 1.165) is 17.4 Å². The second-order valence-electron chi connectivity index (χ2n) is 4.90. The molecule has 0 aliphatic heterocycles. The first-order valence-corrected chi connectivity index (χ1v) is 6.99. The number of alkyl halides is 3. The first-order valence-electron chi connectivity index (χ1n) is 6.99. The molecule has 0 atom stereocenters. The number of amides is 1. The highest BCUT2D eigenvalue weighted by atomic mass is 19.4. The second-order valence-corrected chi connectivity index (χ2v) is 4.90. The highest BCUT2D eigenvalue weighted by Crippen LogP contribution is 2.31. The average Bonchev–Trinajstić information content (AvgIpc) is 2.54. The molecule has 0 bridgehead atoms. The van der Waals surface area contributed by atoms with Crippen molar-refractivity contribution < 1.29 is 22.7 Å². The summed E-state index contributed by atoms with van der Waals surface area (Å²) in [4.78, 5) is 12.0. The summed E-state index contributed by atoms with van der Waals surface area (Å²) in [6, 6.07) is 12.0. The van der Waals surface area contributed by atoms with Crippen LogP contribution in [0.25, 0.3) is 0 Å². The topological polar surface area (TPSA) is 38.3 Å². The maximum absolute atomic E-state index is 12.9. The normalized spacial score (nSPS) is 11.1. The van der Waals surface area contributed by atoms with E-state index in [-0.39, 0.29) is 12.1 Å². The molecule has 2 aromatic carbocycles. The van der Waals surface area contributed by atoms with Crippen molar-refractivity contribution in [3.8, 4) is 5.75 Å². The van der Waals surface area contributed by atoms with Gasteiger partial charge in [0.1, 0.15) is 5.75 Å². The summed E-state index contributed by atoms with van der Waals surface area (Å²) >= 11 is 0. The van der Waals surface area contributed by atoms with Crippen molar-refractivity contribution in [1.82, 2.24) is 5.32 Å². The minimum absolute atomic E-state index is 0.247. The standard InChI is InChI=1S/C17H16F3NO2/c1-23-13-8-6-12(7-9-13)10-11-21-16(22)14-4-2-3-5-15(14)17(18,19)20/h2-9H,10-11H2,1H3,(H,21,22). The SMILES string of the molecule is COc1ccc(CCNC(=O)c2ccccc2C(F)(F)F)cc1. The van der Waals surface area contributed by atoms with Crippen LogP contribution in [0, 0.1) is 0 Å². The Morgan fingerprint density at radius 1 is 1.09 bits per heavy atom. The van der Waals surface area contributed by atoms with Gasteiger partial charge in [0.25, 0.3) is 5.91 Å². The first-order chi connectivity index (χ1) is 10.9. The molecule has 23 heavy (non-hydrogen) atoms. The summed E-state index contributed by atoms with van der Waals surface area (Å²) in [5, 5.41) is 2.52. The number of rotatable bonds is 5. The third kappa shape index (κ3) is 4.48. The van der Waals surface area contributed by atoms with Crippen LogP contribution in [-0.2, 0) is 12.6 Å². The van der Waals surface area contributed by atoms with Gasteiger partial charge in [0.05, 0.1) is 18.2 Å². The Morgan fingerprint density at radius 3 is 2.35 bits per heavy atom. The molecule has 122 valence electrons. The fourth-order valence-corrected chi connectivity index (χ4v) is 2.14. The lowest BCUT2D eigenvalue weighted by atomic mass is 10.1. The van der Waals surface area contributed by atoms with Crippen LogP contribution in [0.2, 0.25) is 0 Å². The van der Waals surface area contributed by atoms with Gasteiger partial charge in [0.2, 0.25) is 0 Å². The highest BCUT2D eigenvalue weighted by Gasteiger charge is 2.34. The van der Waals surface area contributed by atoms with Crippen LogP contribution in [0.5, 0.6) is 5.75 Å². The van der Waals surface area contributed by atoms with Crippen LogP contribution in [-0.4, -0.2) is 19.6 Å². The van der Waals surface area contributed by atoms with Gasteiger partial charge < -0.3 is 10.1 Å². The van der Waals surface area contributed by atoms with Gasteiger partial charge in [-0.05, 0) is 36.2 Å². The molecule has 0 saturated carbocycles. The molecule has 1 amide bonds. The van der Waals surface area contributed by atoms with Gasteiger partial charge in [-0.2, -0.15) is 13.2 Å². The van der Waals surface area contributed by atoms with Crippen molar-refractivity contribution in [3.63, 3.8) is 0 Å². The van der Waals surface area contributed by atoms with E-state index < -0.39 is 17.6 Å². The van der Waals surface area contributed by atoms with E-state index in [4.69, 9.17) is 4.74 Å². The van der Waals surface area contributed by atoms with Crippen molar-refractivity contribution in [3.05, 3.63) is 65.2 Å². The van der Waals surface area contributed by atoms with Crippen LogP contribution in [0.15, 0.2) is 48.5 Å². The molecule has 1 N–H and O–H groups in total. The number of halogens is 3. The van der Waals surface area contributed by atoms with Gasteiger partial charge in [-0.3, -0.25) is 4.79 Å². The van der Waals surface area contributed by atoms with Crippen LogP contribution in [0.4, 0.5) is 13.2 Å². The molecule has 2 rings (SSSR count). The Hall–Kier alpha value is -2.50. The Bertz CT molecular complexity index is 666. The molecule has 3 nitrogen and oxygen atoms in total. The van der Waals surface area contributed by atoms with Crippen molar-refractivity contribution in [2.45, 2.75) is 12.6 Å². The molecule has 0 aromatic heterocycles. The number of hydrogen-bond acceptors (Lipinski definition) is 2. The molecule has 0 spiro atoms. The molecule has 0 fully saturated rings. The largest absolute Gasteiger partial charge is 0.497 e. The third-order valence-electron chi connectivity index (χ3n) is 3.34. The second kappa shape index (κ2) is 7.17. The molecule has 0 aliphatic rings. The van der Waals surface area contributed by atoms with E-state index in [9.17, 15) is 18.0 Å². The van der Waals surface area contributed by atoms with Gasteiger partial charge >= 0.3 is 6.18 Å². The van der Waals surface area contributed by atoms with Gasteiger partial charge in [-0.25, -0.2) is 0 Å². The maximum atomic E-state index is 12.9. The number of carbonyl (C=O) groups excluding carboxylic acids is 1. The fraction of sp³-hybridized carbons (Fsp3) is 0.235. The van der Waals surface area contributed by atoms with Crippen molar-refractivity contribution in [2.75, 3.05) is 13.7 Å². The monoisotopic (exact) mass is 323 g/mol. The molecular formula is C17H16F3NO2. The molecule has 0 radical (unpaired) electrons. The van der Waals surface area contributed by atoms with E-state index in [1.807, 2.05) is 12.1 Å². The summed E-state index contributed by atoms with van der Waals surface area (Å²) in [5.41, 5.74) is -0.341. The molecule has 0 unspecified atom stereocenters. The highest BCUT2D eigenvalue weighted by molar-refractivity contribution is 5.95. The van der Waals surface area contributed by atoms with E-state index in [1.165, 1.54) is 18.2 Å². The number of carbonyl (C=O) groups is 1. The number of benzene rings is 2. The quantitative estimate of drug-likeness (QED) is 0.911. The van der Waals surface area contributed by atoms with Gasteiger partial charge in [0, 0.05) is 6.54 Å². The van der Waals surface area contributed by atoms with Gasteiger partial charge in [-0.15, -0.1) is 0 Å². The van der Waals surface area contributed by atoms with E-state index in [0.29, 0.717) is 6.42 Å². The number of methoxy groups -OCH3 is 1. The van der Waals surface area contributed by atoms with Gasteiger partial charge in [-0.1, -0.05) is 24.3 Å². The Kier molecular flexibility index (Phi) is 5.26. The minimum Gasteiger partial charge on any atom is -0.497 e. The Morgan fingerprint density at radius 2 is 1.74 bits per heavy atom. The Labute approximate surface area is 132 Å². The van der Waals surface area contributed by atoms with E-state index >= 15 is 0 Å². The summed E-state index contributed by atoms with van der Waals surface area (Å²) < 4.78 is 43.7. The molecule has 0 aliphatic carbocycles. The molecule has 0 saturated heterocycles. The predicted octanol–water partition coefficient (Wildman–Crippen LogP) is 3.69. The summed E-state index contributed by atoms with van der Waals surface area (Å²) in [7, 11) is 1.56. The lowest BCUT2D eigenvalue weighted by Gasteiger charge is -2.12. The lowest BCUT2D eigenvalue weighted by Crippen LogP contribution is -2.28. The van der Waals surface area contributed by atoms with Crippen LogP contribution in [0.1, 0.15) is 21.5 Å². The Balaban J connectivity index is 1.97. The zero-order chi connectivity index (χ0) is 16.9. The number of nitrogens with one attached hydrogen (secondary N) is 1. The molecule has 2 aromatic rings. The zero-order valence-electron chi connectivity index (χ0n) is 12.5. The van der Waals surface area contributed by atoms with Crippen LogP contribution in [0.3, 0.4) is 0 Å². The predicted molar refractivity (Wildman–Crippen MR) is 80.5 cm³/mol. The number of hydrogen-bond donors (Lipinski definition) is 1. The first kappa shape index (κ1) is 16.9. The summed E-state index contributed by atoms with van der Waals surface area (Å²) in [5.74, 6) is -0.0108. The van der Waals surface area contributed by atoms with Crippen molar-refractivity contribution in [2.24, 2.45) is 0 Å². The number of ether oxygens (including phenoxy) is 1. The molecule has 6 heteroatoms. The maximum Gasteiger partial charge on any atom is 0.417 e. The van der Waals surface area contributed by atoms with Crippen molar-refractivity contribution in [1.29, 1.82) is 0 Å². The van der Waals surface area contributed by atoms with Crippen LogP contribution >= 0.6 is 0 Å². The van der Waals surface area contributed by atoms with Crippen molar-refractivity contribution >= 4 is 5.91 Å². The summed E-state index contributed by atoms with van der Waals surface area (Å²) in [6.07, 6.45) is -4.03. The van der Waals surface area contributed by atoms with E-state index in [2.05, 4.69) is 5.32 Å². The molecular weight excluding hydrogens is 307 g/mol. The summed E-state index contributed by atoms with van der Waals surface area (Å²) in [6.45, 7) is 0.247. The smallest absolute Gasteiger partial charge is 0.417 e. The third-order valence-corrected chi connectivity index (χ3v) is 3.34. The zero-order valence-corrected chi connectivity index (χ0v) is 12.5. The molecule has 0 heterocycles. The van der Waals surface area contributed by atoms with Gasteiger partial charge in [0.15, 0.2) is 0 Å². The minimum atomic E-state index is -4.55. The van der Waals surface area contributed by atoms with Crippen LogP contribution < -0.4 is 10.1 Å². The van der Waals surface area contributed by atoms with E-state index in [1.54, 1.807) is 19.2 Å². The average molecular weight is 323 g/mol. The fourth-order valence-electron chi connectivity index (χ4n) is 2.14. The lowest BCUT2D eigenvalue weighted by molar-refractivity contribution is -0.137.